The predicted molar refractivity (Wildman–Crippen MR) is 83.1 cm³/mol. The first-order valence-corrected chi connectivity index (χ1v) is 7.54. The fourth-order valence-corrected chi connectivity index (χ4v) is 3.15. The molecule has 116 valence electrons. The lowest BCUT2D eigenvalue weighted by atomic mass is 10.2. The summed E-state index contributed by atoms with van der Waals surface area (Å²) in [5, 5.41) is 8.59. The van der Waals surface area contributed by atoms with E-state index in [1.807, 2.05) is 0 Å². The van der Waals surface area contributed by atoms with E-state index in [1.165, 1.54) is 11.0 Å². The van der Waals surface area contributed by atoms with Crippen molar-refractivity contribution in [3.8, 4) is 0 Å². The van der Waals surface area contributed by atoms with Crippen LogP contribution in [0, 0.1) is 11.6 Å². The van der Waals surface area contributed by atoms with Crippen LogP contribution in [0.15, 0.2) is 23.1 Å². The summed E-state index contributed by atoms with van der Waals surface area (Å²) >= 11 is 5.99. The van der Waals surface area contributed by atoms with Gasteiger partial charge in [-0.15, -0.1) is 0 Å². The normalized spacial score (nSPS) is 16.6. The van der Waals surface area contributed by atoms with Crippen molar-refractivity contribution in [3.05, 3.63) is 40.3 Å². The zero-order valence-corrected chi connectivity index (χ0v) is 12.8. The molecule has 0 radical (unpaired) electrons. The van der Waals surface area contributed by atoms with Gasteiger partial charge >= 0.3 is 5.97 Å². The number of aliphatic carboxylic acids is 1. The van der Waals surface area contributed by atoms with Crippen LogP contribution >= 0.6 is 24.0 Å². The minimum Gasteiger partial charge on any atom is -0.481 e. The van der Waals surface area contributed by atoms with E-state index in [0.717, 1.165) is 30.0 Å². The second kappa shape index (κ2) is 6.97. The molecule has 4 nitrogen and oxygen atoms in total. The minimum absolute atomic E-state index is 0.0853. The fourth-order valence-electron chi connectivity index (χ4n) is 1.86. The lowest BCUT2D eigenvalue weighted by molar-refractivity contribution is -0.137. The topological polar surface area (TPSA) is 57.6 Å². The molecule has 0 unspecified atom stereocenters. The number of thiocarbonyl (C=S) groups is 1. The Labute approximate surface area is 134 Å². The molecule has 22 heavy (non-hydrogen) atoms. The third-order valence-electron chi connectivity index (χ3n) is 2.92. The van der Waals surface area contributed by atoms with E-state index in [4.69, 9.17) is 17.3 Å². The van der Waals surface area contributed by atoms with Gasteiger partial charge in [0.1, 0.15) is 16.0 Å². The van der Waals surface area contributed by atoms with Gasteiger partial charge in [-0.05, 0) is 24.6 Å². The standard InChI is InChI=1S/C14H11F2NO3S2/c15-9-3-1-4-10(16)8(9)7-11-13(20)17(14(21)22-11)6-2-5-12(18)19/h1,3-4,7H,2,5-6H2,(H,18,19). The van der Waals surface area contributed by atoms with Gasteiger partial charge in [-0.25, -0.2) is 8.78 Å². The first kappa shape index (κ1) is 16.6. The molecule has 0 aliphatic carbocycles. The highest BCUT2D eigenvalue weighted by molar-refractivity contribution is 8.26. The lowest BCUT2D eigenvalue weighted by Crippen LogP contribution is -2.29. The van der Waals surface area contributed by atoms with Crippen LogP contribution < -0.4 is 0 Å². The second-order valence-electron chi connectivity index (χ2n) is 4.47. The van der Waals surface area contributed by atoms with Gasteiger partial charge in [-0.2, -0.15) is 0 Å². The van der Waals surface area contributed by atoms with Crippen molar-refractivity contribution in [1.29, 1.82) is 0 Å². The van der Waals surface area contributed by atoms with E-state index in [-0.39, 0.29) is 34.2 Å². The Kier molecular flexibility index (Phi) is 5.25. The van der Waals surface area contributed by atoms with Gasteiger partial charge in [0.25, 0.3) is 5.91 Å². The molecule has 1 saturated heterocycles. The summed E-state index contributed by atoms with van der Waals surface area (Å²) in [6.07, 6.45) is 1.29. The highest BCUT2D eigenvalue weighted by Gasteiger charge is 2.32. The number of benzene rings is 1. The summed E-state index contributed by atoms with van der Waals surface area (Å²) in [6, 6.07) is 3.43. The van der Waals surface area contributed by atoms with Gasteiger partial charge in [0.2, 0.25) is 0 Å². The number of carbonyl (C=O) groups excluding carboxylic acids is 1. The molecule has 2 rings (SSSR count). The Morgan fingerprint density at radius 2 is 2.00 bits per heavy atom. The maximum Gasteiger partial charge on any atom is 0.303 e. The van der Waals surface area contributed by atoms with Gasteiger partial charge in [0.15, 0.2) is 0 Å². The molecular weight excluding hydrogens is 332 g/mol. The van der Waals surface area contributed by atoms with Gasteiger partial charge in [-0.3, -0.25) is 14.5 Å². The first-order chi connectivity index (χ1) is 10.4. The van der Waals surface area contributed by atoms with Crippen LogP contribution in [0.2, 0.25) is 0 Å². The minimum atomic E-state index is -0.964. The monoisotopic (exact) mass is 343 g/mol. The molecule has 1 fully saturated rings. The maximum absolute atomic E-state index is 13.6. The smallest absolute Gasteiger partial charge is 0.303 e. The SMILES string of the molecule is O=C(O)CCCN1C(=O)C(=Cc2c(F)cccc2F)SC1=S. The molecule has 0 atom stereocenters. The van der Waals surface area contributed by atoms with Crippen LogP contribution in [-0.2, 0) is 9.59 Å². The van der Waals surface area contributed by atoms with Crippen molar-refractivity contribution in [3.63, 3.8) is 0 Å². The Balaban J connectivity index is 2.17. The highest BCUT2D eigenvalue weighted by atomic mass is 32.2. The number of carboxylic acids is 1. The van der Waals surface area contributed by atoms with Crippen molar-refractivity contribution < 1.29 is 23.5 Å². The summed E-state index contributed by atoms with van der Waals surface area (Å²) < 4.78 is 27.4. The van der Waals surface area contributed by atoms with Gasteiger partial charge in [0, 0.05) is 18.5 Å². The summed E-state index contributed by atoms with van der Waals surface area (Å²) in [5.41, 5.74) is -0.298. The molecule has 8 heteroatoms. The number of thioether (sulfide) groups is 1. The average molecular weight is 343 g/mol. The van der Waals surface area contributed by atoms with Crippen LogP contribution in [0.25, 0.3) is 6.08 Å². The molecule has 1 N–H and O–H groups in total. The van der Waals surface area contributed by atoms with Crippen molar-refractivity contribution in [2.24, 2.45) is 0 Å². The third-order valence-corrected chi connectivity index (χ3v) is 4.30. The molecule has 0 bridgehead atoms. The Hall–Kier alpha value is -1.80. The van der Waals surface area contributed by atoms with Crippen molar-refractivity contribution >= 4 is 46.3 Å². The number of hydrogen-bond donors (Lipinski definition) is 1. The van der Waals surface area contributed by atoms with E-state index in [9.17, 15) is 18.4 Å². The molecule has 0 aromatic heterocycles. The van der Waals surface area contributed by atoms with Crippen LogP contribution in [0.1, 0.15) is 18.4 Å². The molecule has 1 aliphatic heterocycles. The largest absolute Gasteiger partial charge is 0.481 e. The summed E-state index contributed by atoms with van der Waals surface area (Å²) in [5.74, 6) is -2.97. The molecule has 1 aliphatic rings. The van der Waals surface area contributed by atoms with Crippen molar-refractivity contribution in [2.45, 2.75) is 12.8 Å². The zero-order chi connectivity index (χ0) is 16.3. The Morgan fingerprint density at radius 3 is 2.59 bits per heavy atom. The van der Waals surface area contributed by atoms with Crippen molar-refractivity contribution in [2.75, 3.05) is 6.54 Å². The highest BCUT2D eigenvalue weighted by Crippen LogP contribution is 2.33. The van der Waals surface area contributed by atoms with Gasteiger partial charge < -0.3 is 5.11 Å². The fraction of sp³-hybridized carbons (Fsp3) is 0.214. The number of carboxylic acid groups (broad SMARTS) is 1. The zero-order valence-electron chi connectivity index (χ0n) is 11.2. The quantitative estimate of drug-likeness (QED) is 0.658. The number of rotatable bonds is 5. The van der Waals surface area contributed by atoms with Crippen LogP contribution in [0.4, 0.5) is 8.78 Å². The number of amides is 1. The van der Waals surface area contributed by atoms with Gasteiger partial charge in [-0.1, -0.05) is 30.0 Å². The van der Waals surface area contributed by atoms with E-state index in [0.29, 0.717) is 0 Å². The Morgan fingerprint density at radius 1 is 1.36 bits per heavy atom. The van der Waals surface area contributed by atoms with Crippen LogP contribution in [0.3, 0.4) is 0 Å². The van der Waals surface area contributed by atoms with E-state index < -0.39 is 23.5 Å². The van der Waals surface area contributed by atoms with Crippen LogP contribution in [0.5, 0.6) is 0 Å². The third kappa shape index (κ3) is 3.69. The molecule has 1 amide bonds. The first-order valence-electron chi connectivity index (χ1n) is 6.31. The van der Waals surface area contributed by atoms with E-state index in [1.54, 1.807) is 0 Å². The number of halogens is 2. The predicted octanol–water partition coefficient (Wildman–Crippen LogP) is 3.03. The molecule has 1 aromatic carbocycles. The maximum atomic E-state index is 13.6. The number of hydrogen-bond acceptors (Lipinski definition) is 4. The van der Waals surface area contributed by atoms with Gasteiger partial charge in [0.05, 0.1) is 4.91 Å². The van der Waals surface area contributed by atoms with E-state index >= 15 is 0 Å². The number of carbonyl (C=O) groups is 2. The molecule has 1 heterocycles. The summed E-state index contributed by atoms with van der Waals surface area (Å²) in [4.78, 5) is 24.0. The van der Waals surface area contributed by atoms with E-state index in [2.05, 4.69) is 0 Å². The Bertz CT molecular complexity index is 656. The van der Waals surface area contributed by atoms with Crippen LogP contribution in [-0.4, -0.2) is 32.7 Å². The molecule has 0 saturated carbocycles. The molecular formula is C14H11F2NO3S2. The lowest BCUT2D eigenvalue weighted by Gasteiger charge is -2.13. The average Bonchev–Trinajstić information content (AvgIpc) is 2.70. The summed E-state index contributed by atoms with van der Waals surface area (Å²) in [6.45, 7) is 0.161. The molecule has 0 spiro atoms. The second-order valence-corrected chi connectivity index (χ2v) is 6.14. The molecule has 1 aromatic rings. The summed E-state index contributed by atoms with van der Waals surface area (Å²) in [7, 11) is 0. The number of nitrogens with zero attached hydrogens (tertiary/aromatic N) is 1. The van der Waals surface area contributed by atoms with Crippen molar-refractivity contribution in [1.82, 2.24) is 4.90 Å².